The first-order valence-electron chi connectivity index (χ1n) is 7.09. The van der Waals surface area contributed by atoms with Gasteiger partial charge >= 0.3 is 0 Å². The Morgan fingerprint density at radius 2 is 1.71 bits per heavy atom. The highest BCUT2D eigenvalue weighted by Gasteiger charge is 2.35. The Morgan fingerprint density at radius 1 is 1.05 bits per heavy atom. The predicted octanol–water partition coefficient (Wildman–Crippen LogP) is 4.26. The Morgan fingerprint density at radius 3 is 2.38 bits per heavy atom. The molecule has 0 N–H and O–H groups in total. The molecule has 3 rings (SSSR count). The molecule has 1 heterocycles. The second kappa shape index (κ2) is 6.00. The number of ether oxygens (including phenoxy) is 1. The molecular formula is C18H17ClO2. The first-order valence-corrected chi connectivity index (χ1v) is 7.47. The lowest BCUT2D eigenvalue weighted by molar-refractivity contribution is 0.0895. The van der Waals surface area contributed by atoms with Crippen LogP contribution in [0.25, 0.3) is 0 Å². The molecule has 1 saturated heterocycles. The molecule has 0 aromatic heterocycles. The number of hydrogen-bond donors (Lipinski definition) is 0. The van der Waals surface area contributed by atoms with Gasteiger partial charge in [0.1, 0.15) is 0 Å². The van der Waals surface area contributed by atoms with Gasteiger partial charge < -0.3 is 4.74 Å². The maximum atomic E-state index is 12.7. The molecule has 0 spiro atoms. The van der Waals surface area contributed by atoms with Gasteiger partial charge in [0.25, 0.3) is 0 Å². The van der Waals surface area contributed by atoms with Crippen LogP contribution in [-0.2, 0) is 4.74 Å². The minimum Gasteiger partial charge on any atom is -0.380 e. The zero-order chi connectivity index (χ0) is 14.8. The number of hydrogen-bond acceptors (Lipinski definition) is 2. The predicted molar refractivity (Wildman–Crippen MR) is 84.0 cm³/mol. The van der Waals surface area contributed by atoms with Crippen molar-refractivity contribution in [1.29, 1.82) is 0 Å². The first kappa shape index (κ1) is 14.3. The normalized spacial score (nSPS) is 21.4. The summed E-state index contributed by atoms with van der Waals surface area (Å²) in [7, 11) is 0. The molecule has 2 aromatic rings. The summed E-state index contributed by atoms with van der Waals surface area (Å²) in [5, 5.41) is 0.643. The highest BCUT2D eigenvalue weighted by molar-refractivity contribution is 6.30. The zero-order valence-electron chi connectivity index (χ0n) is 11.9. The molecule has 0 amide bonds. The van der Waals surface area contributed by atoms with Gasteiger partial charge in [-0.25, -0.2) is 0 Å². The minimum atomic E-state index is -0.117. The van der Waals surface area contributed by atoms with Crippen LogP contribution in [0, 0.1) is 12.8 Å². The van der Waals surface area contributed by atoms with E-state index < -0.39 is 0 Å². The van der Waals surface area contributed by atoms with Crippen LogP contribution in [0.15, 0.2) is 48.5 Å². The lowest BCUT2D eigenvalue weighted by Crippen LogP contribution is -2.21. The van der Waals surface area contributed by atoms with E-state index >= 15 is 0 Å². The van der Waals surface area contributed by atoms with Gasteiger partial charge in [0.05, 0.1) is 19.1 Å². The van der Waals surface area contributed by atoms with Crippen molar-refractivity contribution in [1.82, 2.24) is 0 Å². The number of rotatable bonds is 3. The van der Waals surface area contributed by atoms with Crippen LogP contribution >= 0.6 is 11.6 Å². The third-order valence-electron chi connectivity index (χ3n) is 4.05. The number of carbonyl (C=O) groups is 1. The highest BCUT2D eigenvalue weighted by atomic mass is 35.5. The number of Topliss-reactive ketones (excluding diaryl/α,β-unsaturated/α-hetero) is 1. The summed E-state index contributed by atoms with van der Waals surface area (Å²) in [6, 6.07) is 15.4. The van der Waals surface area contributed by atoms with E-state index in [-0.39, 0.29) is 17.6 Å². The molecule has 3 heteroatoms. The molecule has 0 radical (unpaired) electrons. The summed E-state index contributed by atoms with van der Waals surface area (Å²) in [5.41, 5.74) is 3.09. The van der Waals surface area contributed by atoms with Crippen molar-refractivity contribution in [3.8, 4) is 0 Å². The lowest BCUT2D eigenvalue weighted by Gasteiger charge is -2.17. The van der Waals surface area contributed by atoms with Gasteiger partial charge in [0.15, 0.2) is 5.78 Å². The van der Waals surface area contributed by atoms with Crippen LogP contribution in [-0.4, -0.2) is 19.0 Å². The smallest absolute Gasteiger partial charge is 0.168 e. The molecule has 0 saturated carbocycles. The molecule has 21 heavy (non-hydrogen) atoms. The fraction of sp³-hybridized carbons (Fsp3) is 0.278. The second-order valence-electron chi connectivity index (χ2n) is 5.53. The molecule has 2 atom stereocenters. The van der Waals surface area contributed by atoms with E-state index in [1.807, 2.05) is 0 Å². The molecular weight excluding hydrogens is 284 g/mol. The Balaban J connectivity index is 1.85. The molecule has 2 aromatic carbocycles. The summed E-state index contributed by atoms with van der Waals surface area (Å²) in [5.74, 6) is 0.150. The van der Waals surface area contributed by atoms with Crippen LogP contribution in [0.3, 0.4) is 0 Å². The number of halogens is 1. The number of carbonyl (C=O) groups excluding carboxylic acids is 1. The van der Waals surface area contributed by atoms with Crippen molar-refractivity contribution >= 4 is 17.4 Å². The van der Waals surface area contributed by atoms with E-state index in [1.165, 1.54) is 11.1 Å². The average molecular weight is 301 g/mol. The Kier molecular flexibility index (Phi) is 4.09. The van der Waals surface area contributed by atoms with Gasteiger partial charge in [-0.1, -0.05) is 41.4 Å². The molecule has 2 unspecified atom stereocenters. The van der Waals surface area contributed by atoms with Gasteiger partial charge in [-0.15, -0.1) is 0 Å². The van der Waals surface area contributed by atoms with E-state index in [0.717, 1.165) is 0 Å². The molecule has 1 aliphatic heterocycles. The molecule has 0 bridgehead atoms. The summed E-state index contributed by atoms with van der Waals surface area (Å²) >= 11 is 5.88. The number of aryl methyl sites for hydroxylation is 1. The third kappa shape index (κ3) is 3.02. The van der Waals surface area contributed by atoms with Gasteiger partial charge in [0, 0.05) is 16.5 Å². The monoisotopic (exact) mass is 300 g/mol. The Hall–Kier alpha value is -1.64. The Bertz CT molecular complexity index is 631. The summed E-state index contributed by atoms with van der Waals surface area (Å²) in [6.45, 7) is 3.15. The van der Waals surface area contributed by atoms with E-state index in [9.17, 15) is 4.79 Å². The van der Waals surface area contributed by atoms with Gasteiger partial charge in [-0.2, -0.15) is 0 Å². The SMILES string of the molecule is Cc1ccc(C2COCC2C(=O)c2ccc(Cl)cc2)cc1. The van der Waals surface area contributed by atoms with Crippen molar-refractivity contribution in [3.05, 3.63) is 70.2 Å². The minimum absolute atomic E-state index is 0.117. The van der Waals surface area contributed by atoms with Crippen molar-refractivity contribution in [2.75, 3.05) is 13.2 Å². The third-order valence-corrected chi connectivity index (χ3v) is 4.30. The molecule has 108 valence electrons. The highest BCUT2D eigenvalue weighted by Crippen LogP contribution is 2.33. The summed E-state index contributed by atoms with van der Waals surface area (Å²) in [4.78, 5) is 12.7. The standard InChI is InChI=1S/C18H17ClO2/c1-12-2-4-13(5-3-12)16-10-21-11-17(16)18(20)14-6-8-15(19)9-7-14/h2-9,16-17H,10-11H2,1H3. The van der Waals surface area contributed by atoms with E-state index in [4.69, 9.17) is 16.3 Å². The van der Waals surface area contributed by atoms with Crippen molar-refractivity contribution < 1.29 is 9.53 Å². The van der Waals surface area contributed by atoms with Crippen molar-refractivity contribution in [2.45, 2.75) is 12.8 Å². The fourth-order valence-electron chi connectivity index (χ4n) is 2.78. The summed E-state index contributed by atoms with van der Waals surface area (Å²) in [6.07, 6.45) is 0. The van der Waals surface area contributed by atoms with Crippen LogP contribution in [0.5, 0.6) is 0 Å². The van der Waals surface area contributed by atoms with Gasteiger partial charge in [0.2, 0.25) is 0 Å². The maximum absolute atomic E-state index is 12.7. The number of ketones is 1. The quantitative estimate of drug-likeness (QED) is 0.792. The van der Waals surface area contributed by atoms with Crippen LogP contribution in [0.2, 0.25) is 5.02 Å². The van der Waals surface area contributed by atoms with E-state index in [0.29, 0.717) is 23.8 Å². The zero-order valence-corrected chi connectivity index (χ0v) is 12.6. The molecule has 2 nitrogen and oxygen atoms in total. The van der Waals surface area contributed by atoms with E-state index in [2.05, 4.69) is 31.2 Å². The van der Waals surface area contributed by atoms with Crippen molar-refractivity contribution in [3.63, 3.8) is 0 Å². The largest absolute Gasteiger partial charge is 0.380 e. The first-order chi connectivity index (χ1) is 10.1. The lowest BCUT2D eigenvalue weighted by atomic mass is 9.83. The topological polar surface area (TPSA) is 26.3 Å². The van der Waals surface area contributed by atoms with Gasteiger partial charge in [-0.05, 0) is 36.8 Å². The maximum Gasteiger partial charge on any atom is 0.168 e. The van der Waals surface area contributed by atoms with Crippen LogP contribution in [0.1, 0.15) is 27.4 Å². The van der Waals surface area contributed by atoms with Gasteiger partial charge in [-0.3, -0.25) is 4.79 Å². The van der Waals surface area contributed by atoms with E-state index in [1.54, 1.807) is 24.3 Å². The molecule has 0 aliphatic carbocycles. The summed E-state index contributed by atoms with van der Waals surface area (Å²) < 4.78 is 5.57. The second-order valence-corrected chi connectivity index (χ2v) is 5.97. The Labute approximate surface area is 129 Å². The average Bonchev–Trinajstić information content (AvgIpc) is 2.97. The molecule has 1 aliphatic rings. The fourth-order valence-corrected chi connectivity index (χ4v) is 2.91. The number of benzene rings is 2. The van der Waals surface area contributed by atoms with Crippen LogP contribution < -0.4 is 0 Å². The van der Waals surface area contributed by atoms with Crippen LogP contribution in [0.4, 0.5) is 0 Å². The van der Waals surface area contributed by atoms with Crippen molar-refractivity contribution in [2.24, 2.45) is 5.92 Å². The molecule has 1 fully saturated rings.